The van der Waals surface area contributed by atoms with Gasteiger partial charge >= 0.3 is 0 Å². The summed E-state index contributed by atoms with van der Waals surface area (Å²) in [6.45, 7) is -1.04. The van der Waals surface area contributed by atoms with E-state index in [4.69, 9.17) is 15.0 Å². The first-order valence-corrected chi connectivity index (χ1v) is 6.42. The molecule has 6 nitrogen and oxygen atoms in total. The predicted molar refractivity (Wildman–Crippen MR) is 47.4 cm³/mol. The molecule has 86 valence electrons. The Morgan fingerprint density at radius 2 is 2.47 bits per heavy atom. The van der Waals surface area contributed by atoms with E-state index in [1.807, 2.05) is 0 Å². The van der Waals surface area contributed by atoms with Crippen LogP contribution in [0.4, 0.5) is 0 Å². The van der Waals surface area contributed by atoms with Crippen molar-refractivity contribution in [1.29, 1.82) is 0 Å². The maximum absolute atomic E-state index is 10.9. The summed E-state index contributed by atoms with van der Waals surface area (Å²) in [5, 5.41) is 9.77. The highest BCUT2D eigenvalue weighted by Crippen LogP contribution is 2.64. The Balaban J connectivity index is 1.76. The Kier molecular flexibility index (Phi) is 1.51. The van der Waals surface area contributed by atoms with Gasteiger partial charge in [0.25, 0.3) is 10.1 Å². The predicted octanol–water partition coefficient (Wildman–Crippen LogP) is -1.16. The van der Waals surface area contributed by atoms with Gasteiger partial charge in [0.05, 0.1) is 32.8 Å². The van der Waals surface area contributed by atoms with Gasteiger partial charge in [0.15, 0.2) is 5.79 Å². The number of aliphatic hydroxyl groups is 1. The van der Waals surface area contributed by atoms with Crippen LogP contribution in [0.25, 0.3) is 0 Å². The van der Waals surface area contributed by atoms with Crippen molar-refractivity contribution < 1.29 is 28.6 Å². The highest BCUT2D eigenvalue weighted by molar-refractivity contribution is 7.85. The molecule has 0 aromatic rings. The lowest BCUT2D eigenvalue weighted by molar-refractivity contribution is -0.431. The molecule has 7 heteroatoms. The Morgan fingerprint density at radius 1 is 1.73 bits per heavy atom. The van der Waals surface area contributed by atoms with Gasteiger partial charge in [-0.2, -0.15) is 8.42 Å². The first-order valence-electron chi connectivity index (χ1n) is 5.18. The van der Waals surface area contributed by atoms with E-state index < -0.39 is 34.2 Å². The summed E-state index contributed by atoms with van der Waals surface area (Å²) in [4.78, 5) is 0. The van der Waals surface area contributed by atoms with Crippen molar-refractivity contribution in [2.75, 3.05) is 19.4 Å². The molecule has 1 N–H and O–H groups in total. The minimum Gasteiger partial charge on any atom is -0.369 e. The highest BCUT2D eigenvalue weighted by atomic mass is 32.2. The van der Waals surface area contributed by atoms with Crippen molar-refractivity contribution in [3.8, 4) is 0 Å². The van der Waals surface area contributed by atoms with Crippen LogP contribution in [0.15, 0.2) is 0 Å². The maximum Gasteiger partial charge on any atom is 0.264 e. The van der Waals surface area contributed by atoms with Gasteiger partial charge in [-0.15, -0.1) is 0 Å². The van der Waals surface area contributed by atoms with Crippen molar-refractivity contribution in [1.82, 2.24) is 0 Å². The zero-order chi connectivity index (χ0) is 11.8. The van der Waals surface area contributed by atoms with Crippen LogP contribution in [0, 0.1) is 5.92 Å². The number of rotatable bonds is 3. The molecule has 3 rings (SSSR count). The average molecular weight is 238 g/mol. The summed E-state index contributed by atoms with van der Waals surface area (Å²) in [6, 6.07) is 0. The number of ether oxygens (including phenoxy) is 2. The Morgan fingerprint density at radius 3 is 3.07 bits per heavy atom. The maximum atomic E-state index is 10.9. The molecular weight excluding hydrogens is 224 g/mol. The molecule has 3 aliphatic rings. The van der Waals surface area contributed by atoms with E-state index in [0.29, 0.717) is 0 Å². The van der Waals surface area contributed by atoms with Crippen LogP contribution in [0.2, 0.25) is 0 Å². The van der Waals surface area contributed by atoms with Gasteiger partial charge in [0, 0.05) is 6.42 Å². The second-order valence-corrected chi connectivity index (χ2v) is 6.01. The van der Waals surface area contributed by atoms with Gasteiger partial charge < -0.3 is 14.6 Å². The molecule has 2 heterocycles. The molecule has 0 spiro atoms. The van der Waals surface area contributed by atoms with Crippen LogP contribution >= 0.6 is 0 Å². The average Bonchev–Trinajstić information content (AvgIpc) is 2.19. The molecule has 0 amide bonds. The van der Waals surface area contributed by atoms with Crippen molar-refractivity contribution >= 4 is 10.1 Å². The van der Waals surface area contributed by atoms with Crippen LogP contribution in [-0.2, 0) is 23.8 Å². The smallest absolute Gasteiger partial charge is 0.264 e. The van der Waals surface area contributed by atoms with Crippen LogP contribution in [0.5, 0.6) is 0 Å². The monoisotopic (exact) mass is 238 g/mol. The van der Waals surface area contributed by atoms with Crippen molar-refractivity contribution in [3.05, 3.63) is 0 Å². The summed E-state index contributed by atoms with van der Waals surface area (Å²) in [6.07, 6.45) is 0.643. The third-order valence-corrected chi connectivity index (χ3v) is 3.77. The molecule has 0 bridgehead atoms. The summed E-state index contributed by atoms with van der Waals surface area (Å²) in [5.41, 5.74) is -0.868. The van der Waals surface area contributed by atoms with Gasteiger partial charge in [0.2, 0.25) is 0 Å². The second kappa shape index (κ2) is 2.54. The molecule has 3 fully saturated rings. The molecule has 5 atom stereocenters. The zero-order valence-electron chi connectivity index (χ0n) is 9.04. The lowest BCUT2D eigenvalue weighted by Gasteiger charge is -2.62. The Bertz CT molecular complexity index is 434. The summed E-state index contributed by atoms with van der Waals surface area (Å²) in [5.74, 6) is -1.58. The van der Waals surface area contributed by atoms with Crippen LogP contribution in [0.3, 0.4) is 0 Å². The first-order chi connectivity index (χ1) is 7.26. The number of hydrogen-bond acceptors (Lipinski definition) is 6. The van der Waals surface area contributed by atoms with Crippen molar-refractivity contribution in [3.63, 3.8) is 0 Å². The van der Waals surface area contributed by atoms with E-state index in [0.717, 1.165) is 6.26 Å². The molecule has 3 unspecified atom stereocenters. The lowest BCUT2D eigenvalue weighted by Crippen LogP contribution is -2.77. The summed E-state index contributed by atoms with van der Waals surface area (Å²) >= 11 is 0. The topological polar surface area (TPSA) is 82.1 Å². The molecule has 1 aliphatic carbocycles. The largest absolute Gasteiger partial charge is 0.369 e. The van der Waals surface area contributed by atoms with Crippen LogP contribution < -0.4 is 0 Å². The summed E-state index contributed by atoms with van der Waals surface area (Å²) in [7, 11) is -3.54. The van der Waals surface area contributed by atoms with Crippen LogP contribution in [-0.4, -0.2) is 50.5 Å². The number of hydrogen-bond donors (Lipinski definition) is 1. The van der Waals surface area contributed by atoms with Gasteiger partial charge in [-0.25, -0.2) is 0 Å². The summed E-state index contributed by atoms with van der Waals surface area (Å²) < 4.78 is 44.5. The molecule has 0 radical (unpaired) electrons. The Labute approximate surface area is 88.7 Å². The van der Waals surface area contributed by atoms with Crippen LogP contribution in [0.1, 0.15) is 7.79 Å². The normalized spacial score (nSPS) is 57.7. The third kappa shape index (κ3) is 1.21. The van der Waals surface area contributed by atoms with E-state index in [-0.39, 0.29) is 18.9 Å². The fourth-order valence-electron chi connectivity index (χ4n) is 2.64. The molecule has 2 aliphatic heterocycles. The minimum atomic E-state index is -3.54. The zero-order valence-corrected chi connectivity index (χ0v) is 8.86. The van der Waals surface area contributed by atoms with Gasteiger partial charge in [0.1, 0.15) is 5.60 Å². The molecular formula is C8H12O6S. The quantitative estimate of drug-likeness (QED) is 0.624. The lowest BCUT2D eigenvalue weighted by atomic mass is 9.60. The molecule has 1 saturated carbocycles. The SMILES string of the molecule is [3H]C1O[C@@]2(COS(C)(=O)=O)CC3(O)O[C@H]1C32. The standard InChI is InChI=1S/C8H12O6S/c1-15(10,11)13-4-7-3-8(9)6(7)5(14-8)2-12-7/h5-6,9H,2-4H2,1H3/t5-,6?,7-,8?/m1/s1/i2T/t2?,5-,6?,7-,8?. The van der Waals surface area contributed by atoms with Crippen molar-refractivity contribution in [2.45, 2.75) is 23.9 Å². The first kappa shape index (κ1) is 8.89. The van der Waals surface area contributed by atoms with Gasteiger partial charge in [-0.05, 0) is 0 Å². The van der Waals surface area contributed by atoms with Crippen molar-refractivity contribution in [2.24, 2.45) is 5.92 Å². The minimum absolute atomic E-state index is 0.159. The molecule has 0 aromatic heterocycles. The van der Waals surface area contributed by atoms with E-state index in [2.05, 4.69) is 0 Å². The van der Waals surface area contributed by atoms with E-state index >= 15 is 0 Å². The highest BCUT2D eigenvalue weighted by Gasteiger charge is 2.79. The van der Waals surface area contributed by atoms with E-state index in [1.165, 1.54) is 0 Å². The molecule has 15 heavy (non-hydrogen) atoms. The van der Waals surface area contributed by atoms with Gasteiger partial charge in [-0.1, -0.05) is 0 Å². The fraction of sp³-hybridized carbons (Fsp3) is 1.00. The molecule has 0 aromatic carbocycles. The fourth-order valence-corrected chi connectivity index (χ4v) is 3.05. The van der Waals surface area contributed by atoms with Gasteiger partial charge in [-0.3, -0.25) is 4.18 Å². The van der Waals surface area contributed by atoms with E-state index in [9.17, 15) is 13.5 Å². The van der Waals surface area contributed by atoms with E-state index in [1.54, 1.807) is 0 Å². The second-order valence-electron chi connectivity index (χ2n) is 4.37. The molecule has 2 saturated heterocycles. The third-order valence-electron chi connectivity index (χ3n) is 3.23. The Hall–Kier alpha value is -0.210.